The van der Waals surface area contributed by atoms with Crippen LogP contribution in [0.1, 0.15) is 26.2 Å². The van der Waals surface area contributed by atoms with Crippen LogP contribution in [0.4, 0.5) is 0 Å². The zero-order chi connectivity index (χ0) is 14.6. The van der Waals surface area contributed by atoms with Crippen LogP contribution in [0.25, 0.3) is 0 Å². The SMILES string of the molecule is CCOC(=O)CCS(=O)(=O)N1CCCC2(C1)OCCO2. The van der Waals surface area contributed by atoms with Crippen molar-refractivity contribution in [1.82, 2.24) is 4.31 Å². The summed E-state index contributed by atoms with van der Waals surface area (Å²) in [5.74, 6) is -1.51. The fourth-order valence-corrected chi connectivity index (χ4v) is 3.98. The Balaban J connectivity index is 1.93. The summed E-state index contributed by atoms with van der Waals surface area (Å²) in [5, 5.41) is 0. The fourth-order valence-electron chi connectivity index (χ4n) is 2.50. The first-order valence-electron chi connectivity index (χ1n) is 6.89. The molecule has 1 spiro atoms. The number of carbonyl (C=O) groups excluding carboxylic acids is 1. The molecular weight excluding hydrogens is 286 g/mol. The molecule has 2 rings (SSSR count). The van der Waals surface area contributed by atoms with E-state index >= 15 is 0 Å². The van der Waals surface area contributed by atoms with Gasteiger partial charge in [0.05, 0.1) is 38.5 Å². The molecule has 8 heteroatoms. The van der Waals surface area contributed by atoms with Gasteiger partial charge in [0, 0.05) is 13.0 Å². The lowest BCUT2D eigenvalue weighted by Crippen LogP contribution is -2.51. The predicted molar refractivity (Wildman–Crippen MR) is 70.5 cm³/mol. The van der Waals surface area contributed by atoms with Crippen LogP contribution in [0.15, 0.2) is 0 Å². The van der Waals surface area contributed by atoms with Crippen LogP contribution >= 0.6 is 0 Å². The lowest BCUT2D eigenvalue weighted by molar-refractivity contribution is -0.179. The van der Waals surface area contributed by atoms with Gasteiger partial charge in [-0.2, -0.15) is 4.31 Å². The summed E-state index contributed by atoms with van der Waals surface area (Å²) in [6.07, 6.45) is 1.27. The zero-order valence-corrected chi connectivity index (χ0v) is 12.5. The van der Waals surface area contributed by atoms with Gasteiger partial charge < -0.3 is 14.2 Å². The second-order valence-electron chi connectivity index (χ2n) is 4.92. The lowest BCUT2D eigenvalue weighted by Gasteiger charge is -2.37. The molecule has 0 radical (unpaired) electrons. The van der Waals surface area contributed by atoms with Crippen LogP contribution in [0.2, 0.25) is 0 Å². The van der Waals surface area contributed by atoms with Crippen molar-refractivity contribution in [2.75, 3.05) is 38.7 Å². The number of rotatable bonds is 5. The van der Waals surface area contributed by atoms with Gasteiger partial charge in [0.1, 0.15) is 0 Å². The van der Waals surface area contributed by atoms with Crippen molar-refractivity contribution in [3.63, 3.8) is 0 Å². The Kier molecular flexibility index (Phi) is 5.00. The Bertz CT molecular complexity index is 443. The first kappa shape index (κ1) is 15.7. The van der Waals surface area contributed by atoms with E-state index in [-0.39, 0.29) is 25.3 Å². The van der Waals surface area contributed by atoms with E-state index < -0.39 is 21.8 Å². The number of esters is 1. The van der Waals surface area contributed by atoms with Crippen LogP contribution in [0.3, 0.4) is 0 Å². The molecule has 2 aliphatic rings. The van der Waals surface area contributed by atoms with Crippen molar-refractivity contribution in [3.8, 4) is 0 Å². The minimum atomic E-state index is -3.49. The number of sulfonamides is 1. The Morgan fingerprint density at radius 1 is 1.35 bits per heavy atom. The van der Waals surface area contributed by atoms with Gasteiger partial charge in [-0.1, -0.05) is 0 Å². The average Bonchev–Trinajstić information content (AvgIpc) is 2.85. The first-order chi connectivity index (χ1) is 9.47. The second-order valence-corrected chi connectivity index (χ2v) is 7.00. The molecule has 0 bridgehead atoms. The van der Waals surface area contributed by atoms with E-state index in [4.69, 9.17) is 14.2 Å². The molecular formula is C12H21NO6S. The highest BCUT2D eigenvalue weighted by molar-refractivity contribution is 7.89. The monoisotopic (exact) mass is 307 g/mol. The van der Waals surface area contributed by atoms with E-state index in [1.165, 1.54) is 4.31 Å². The van der Waals surface area contributed by atoms with Crippen LogP contribution in [0.5, 0.6) is 0 Å². The van der Waals surface area contributed by atoms with E-state index in [0.29, 0.717) is 32.6 Å². The highest BCUT2D eigenvalue weighted by Crippen LogP contribution is 2.31. The Morgan fingerprint density at radius 3 is 2.70 bits per heavy atom. The Morgan fingerprint density at radius 2 is 2.05 bits per heavy atom. The molecule has 2 heterocycles. The van der Waals surface area contributed by atoms with E-state index in [1.54, 1.807) is 6.92 Å². The number of nitrogens with zero attached hydrogens (tertiary/aromatic N) is 1. The van der Waals surface area contributed by atoms with Crippen molar-refractivity contribution < 1.29 is 27.4 Å². The molecule has 0 aromatic rings. The molecule has 0 atom stereocenters. The van der Waals surface area contributed by atoms with E-state index in [9.17, 15) is 13.2 Å². The van der Waals surface area contributed by atoms with Gasteiger partial charge in [-0.3, -0.25) is 4.79 Å². The van der Waals surface area contributed by atoms with Crippen molar-refractivity contribution in [3.05, 3.63) is 0 Å². The predicted octanol–water partition coefficient (Wildman–Crippen LogP) is 0.108. The highest BCUT2D eigenvalue weighted by atomic mass is 32.2. The number of hydrogen-bond donors (Lipinski definition) is 0. The Hall–Kier alpha value is -0.700. The summed E-state index contributed by atoms with van der Waals surface area (Å²) < 4.78 is 41.7. The molecule has 116 valence electrons. The maximum Gasteiger partial charge on any atom is 0.306 e. The minimum absolute atomic E-state index is 0.124. The largest absolute Gasteiger partial charge is 0.466 e. The smallest absolute Gasteiger partial charge is 0.306 e. The molecule has 0 N–H and O–H groups in total. The van der Waals surface area contributed by atoms with Crippen LogP contribution in [-0.4, -0.2) is 63.1 Å². The molecule has 2 saturated heterocycles. The minimum Gasteiger partial charge on any atom is -0.466 e. The highest BCUT2D eigenvalue weighted by Gasteiger charge is 2.43. The quantitative estimate of drug-likeness (QED) is 0.670. The molecule has 0 aromatic heterocycles. The van der Waals surface area contributed by atoms with Gasteiger partial charge in [0.25, 0.3) is 0 Å². The summed E-state index contributed by atoms with van der Waals surface area (Å²) in [6.45, 7) is 3.59. The first-order valence-corrected chi connectivity index (χ1v) is 8.50. The normalized spacial score (nSPS) is 23.1. The second kappa shape index (κ2) is 6.38. The molecule has 0 unspecified atom stereocenters. The van der Waals surface area contributed by atoms with Crippen molar-refractivity contribution >= 4 is 16.0 Å². The molecule has 0 amide bonds. The van der Waals surface area contributed by atoms with Gasteiger partial charge in [-0.15, -0.1) is 0 Å². The zero-order valence-electron chi connectivity index (χ0n) is 11.7. The standard InChI is InChI=1S/C12H21NO6S/c1-2-17-11(14)4-9-20(15,16)13-6-3-5-12(10-13)18-7-8-19-12/h2-10H2,1H3. The maximum absolute atomic E-state index is 12.2. The van der Waals surface area contributed by atoms with E-state index in [0.717, 1.165) is 0 Å². The molecule has 0 aromatic carbocycles. The van der Waals surface area contributed by atoms with Gasteiger partial charge in [0.2, 0.25) is 10.0 Å². The lowest BCUT2D eigenvalue weighted by atomic mass is 10.1. The van der Waals surface area contributed by atoms with Crippen molar-refractivity contribution in [1.29, 1.82) is 0 Å². The van der Waals surface area contributed by atoms with E-state index in [2.05, 4.69) is 0 Å². The van der Waals surface area contributed by atoms with Crippen LogP contribution in [0, 0.1) is 0 Å². The van der Waals surface area contributed by atoms with Gasteiger partial charge in [-0.05, 0) is 13.3 Å². The van der Waals surface area contributed by atoms with Crippen LogP contribution < -0.4 is 0 Å². The van der Waals surface area contributed by atoms with Gasteiger partial charge in [0.15, 0.2) is 5.79 Å². The molecule has 2 fully saturated rings. The fraction of sp³-hybridized carbons (Fsp3) is 0.917. The Labute approximate surface area is 119 Å². The van der Waals surface area contributed by atoms with E-state index in [1.807, 2.05) is 0 Å². The van der Waals surface area contributed by atoms with Gasteiger partial charge in [-0.25, -0.2) is 8.42 Å². The third kappa shape index (κ3) is 3.69. The average molecular weight is 307 g/mol. The third-order valence-electron chi connectivity index (χ3n) is 3.46. The van der Waals surface area contributed by atoms with Crippen molar-refractivity contribution in [2.45, 2.75) is 32.0 Å². The number of ether oxygens (including phenoxy) is 3. The summed E-state index contributed by atoms with van der Waals surface area (Å²) >= 11 is 0. The van der Waals surface area contributed by atoms with Gasteiger partial charge >= 0.3 is 5.97 Å². The van der Waals surface area contributed by atoms with Crippen LogP contribution in [-0.2, 0) is 29.0 Å². The van der Waals surface area contributed by atoms with Crippen molar-refractivity contribution in [2.24, 2.45) is 0 Å². The topological polar surface area (TPSA) is 82.1 Å². The number of hydrogen-bond acceptors (Lipinski definition) is 6. The third-order valence-corrected chi connectivity index (χ3v) is 5.28. The molecule has 0 saturated carbocycles. The summed E-state index contributed by atoms with van der Waals surface area (Å²) in [7, 11) is -3.49. The summed E-state index contributed by atoms with van der Waals surface area (Å²) in [5.41, 5.74) is 0. The summed E-state index contributed by atoms with van der Waals surface area (Å²) in [4.78, 5) is 11.3. The summed E-state index contributed by atoms with van der Waals surface area (Å²) in [6, 6.07) is 0. The molecule has 0 aliphatic carbocycles. The number of carbonyl (C=O) groups is 1. The molecule has 2 aliphatic heterocycles. The molecule has 20 heavy (non-hydrogen) atoms. The number of piperidine rings is 1. The molecule has 7 nitrogen and oxygen atoms in total. The maximum atomic E-state index is 12.2.